The number of pyridine rings is 1. The van der Waals surface area contributed by atoms with E-state index in [0.29, 0.717) is 65.2 Å². The quantitative estimate of drug-likeness (QED) is 0.0702. The minimum atomic E-state index is -1.04. The molecule has 2 fully saturated rings. The predicted octanol–water partition coefficient (Wildman–Crippen LogP) is 5.46. The summed E-state index contributed by atoms with van der Waals surface area (Å²) in [6.07, 6.45) is 9.82. The van der Waals surface area contributed by atoms with E-state index in [1.165, 1.54) is 12.3 Å². The molecule has 3 N–H and O–H groups in total. The van der Waals surface area contributed by atoms with Gasteiger partial charge in [0.05, 0.1) is 35.2 Å². The van der Waals surface area contributed by atoms with E-state index in [0.717, 1.165) is 53.9 Å². The molecule has 1 saturated carbocycles. The molecule has 2 aliphatic heterocycles. The zero-order valence-electron chi connectivity index (χ0n) is 32.6. The Kier molecular flexibility index (Phi) is 12.5. The second-order valence-electron chi connectivity index (χ2n) is 15.2. The molecule has 59 heavy (non-hydrogen) atoms. The Morgan fingerprint density at radius 2 is 1.73 bits per heavy atom. The number of halogens is 1. The number of hydrogen-bond donors (Lipinski definition) is 3. The summed E-state index contributed by atoms with van der Waals surface area (Å²) < 4.78 is 5.93. The summed E-state index contributed by atoms with van der Waals surface area (Å²) in [6, 6.07) is 16.4. The Morgan fingerprint density at radius 1 is 0.966 bits per heavy atom. The summed E-state index contributed by atoms with van der Waals surface area (Å²) in [6.45, 7) is 0.816. The Labute approximate surface area is 346 Å². The zero-order valence-corrected chi connectivity index (χ0v) is 33.4. The number of nitrogens with one attached hydrogen (secondary N) is 3. The van der Waals surface area contributed by atoms with Crippen molar-refractivity contribution < 1.29 is 38.3 Å². The summed E-state index contributed by atoms with van der Waals surface area (Å²) in [5, 5.41) is 10.2. The summed E-state index contributed by atoms with van der Waals surface area (Å²) in [5.74, 6) is -2.58. The monoisotopic (exact) mass is 820 g/mol. The molecule has 1 aliphatic carbocycles. The van der Waals surface area contributed by atoms with Gasteiger partial charge in [0.2, 0.25) is 18.2 Å². The average Bonchev–Trinajstić information content (AvgIpc) is 3.48. The zero-order chi connectivity index (χ0) is 41.7. The van der Waals surface area contributed by atoms with Gasteiger partial charge in [0.15, 0.2) is 0 Å². The molecule has 1 unspecified atom stereocenters. The summed E-state index contributed by atoms with van der Waals surface area (Å²) in [4.78, 5) is 96.3. The van der Waals surface area contributed by atoms with Crippen molar-refractivity contribution in [3.63, 3.8) is 0 Å². The number of nitrogens with zero attached hydrogens (tertiary/aromatic N) is 3. The molecular formula is C44H45ClN6O8. The second kappa shape index (κ2) is 17.9. The summed E-state index contributed by atoms with van der Waals surface area (Å²) >= 11 is 6.43. The Hall–Kier alpha value is -5.99. The van der Waals surface area contributed by atoms with Crippen LogP contribution in [0.1, 0.15) is 107 Å². The molecule has 3 aliphatic rings. The molecule has 4 aromatic rings. The molecule has 0 radical (unpaired) electrons. The van der Waals surface area contributed by atoms with Crippen molar-refractivity contribution in [2.75, 3.05) is 25.1 Å². The van der Waals surface area contributed by atoms with Crippen molar-refractivity contribution in [2.24, 2.45) is 0 Å². The van der Waals surface area contributed by atoms with Gasteiger partial charge in [-0.1, -0.05) is 67.6 Å². The Bertz CT molecular complexity index is 2330. The van der Waals surface area contributed by atoms with E-state index in [-0.39, 0.29) is 35.8 Å². The fraction of sp³-hybridized carbons (Fsp3) is 0.364. The molecule has 7 amide bonds. The molecule has 15 heteroatoms. The van der Waals surface area contributed by atoms with Crippen LogP contribution in [-0.2, 0) is 19.2 Å². The van der Waals surface area contributed by atoms with Gasteiger partial charge >= 0.3 is 0 Å². The van der Waals surface area contributed by atoms with Crippen LogP contribution < -0.4 is 25.6 Å². The SMILES string of the molecule is CNC1(C(=O)N(C=O)c2cncc3ccc(C(=O)NCCCCCCCCOc4cccc5c4C(=O)N(C4CCC(=O)NC4=O)C5=O)cc23)CC(c2ccccc2Cl)C1. The van der Waals surface area contributed by atoms with E-state index in [9.17, 15) is 33.6 Å². The highest BCUT2D eigenvalue weighted by Gasteiger charge is 2.52. The largest absolute Gasteiger partial charge is 0.493 e. The number of imide groups is 3. The van der Waals surface area contributed by atoms with Gasteiger partial charge in [-0.15, -0.1) is 0 Å². The number of carbonyl (C=O) groups excluding carboxylic acids is 7. The minimum absolute atomic E-state index is 0.0487. The number of hydrogen-bond acceptors (Lipinski definition) is 10. The fourth-order valence-electron chi connectivity index (χ4n) is 8.24. The maximum absolute atomic E-state index is 14.0. The lowest BCUT2D eigenvalue weighted by molar-refractivity contribution is -0.136. The van der Waals surface area contributed by atoms with E-state index in [1.54, 1.807) is 43.6 Å². The van der Waals surface area contributed by atoms with Crippen LogP contribution in [0.25, 0.3) is 10.8 Å². The standard InChI is InChI=1S/C44H45ClN6O8/c1-46-44(22-29(23-44)30-11-6-7-13-33(30)45)43(58)50(26-52)35-25-47-24-28-16-15-27(21-32(28)35)39(54)48-19-8-4-2-3-5-9-20-59-36-14-10-12-31-38(36)42(57)51(41(31)56)34-17-18-37(53)49-40(34)55/h6-7,10-16,21,24-26,29,34,46H,2-5,8-9,17-20,22-23H2,1H3,(H,48,54)(H,49,53,55). The molecule has 1 saturated heterocycles. The first kappa shape index (κ1) is 41.2. The Balaban J connectivity index is 0.852. The topological polar surface area (TPSA) is 184 Å². The number of likely N-dealkylation sites (N-methyl/N-ethyl adjacent to an activating group) is 1. The molecule has 1 atom stereocenters. The molecule has 14 nitrogen and oxygen atoms in total. The molecule has 7 rings (SSSR count). The van der Waals surface area contributed by atoms with Crippen LogP contribution in [0.2, 0.25) is 5.02 Å². The molecule has 1 aromatic heterocycles. The smallest absolute Gasteiger partial charge is 0.266 e. The van der Waals surface area contributed by atoms with Crippen molar-refractivity contribution in [1.82, 2.24) is 25.8 Å². The first-order valence-corrected chi connectivity index (χ1v) is 20.3. The van der Waals surface area contributed by atoms with Gasteiger partial charge in [0.1, 0.15) is 11.8 Å². The maximum atomic E-state index is 14.0. The first-order valence-electron chi connectivity index (χ1n) is 19.9. The summed E-state index contributed by atoms with van der Waals surface area (Å²) in [7, 11) is 1.71. The van der Waals surface area contributed by atoms with Crippen LogP contribution in [-0.4, -0.2) is 83.5 Å². The normalized spacial score (nSPS) is 19.9. The van der Waals surface area contributed by atoms with E-state index in [4.69, 9.17) is 16.3 Å². The Morgan fingerprint density at radius 3 is 2.47 bits per heavy atom. The highest BCUT2D eigenvalue weighted by atomic mass is 35.5. The molecular weight excluding hydrogens is 776 g/mol. The number of benzene rings is 3. The van der Waals surface area contributed by atoms with Crippen molar-refractivity contribution in [3.05, 3.63) is 100 Å². The predicted molar refractivity (Wildman–Crippen MR) is 219 cm³/mol. The number of unbranched alkanes of at least 4 members (excludes halogenated alkanes) is 5. The van der Waals surface area contributed by atoms with E-state index >= 15 is 0 Å². The molecule has 3 aromatic carbocycles. The maximum Gasteiger partial charge on any atom is 0.266 e. The van der Waals surface area contributed by atoms with Crippen molar-refractivity contribution >= 4 is 69.9 Å². The van der Waals surface area contributed by atoms with Crippen molar-refractivity contribution in [1.29, 1.82) is 0 Å². The summed E-state index contributed by atoms with van der Waals surface area (Å²) in [5.41, 5.74) is 1.01. The third-order valence-corrected chi connectivity index (χ3v) is 11.9. The van der Waals surface area contributed by atoms with Gasteiger partial charge in [-0.3, -0.25) is 48.8 Å². The molecule has 306 valence electrons. The van der Waals surface area contributed by atoms with Crippen LogP contribution in [0.15, 0.2) is 73.1 Å². The number of carbonyl (C=O) groups is 7. The van der Waals surface area contributed by atoms with Gasteiger partial charge in [0.25, 0.3) is 23.6 Å². The number of fused-ring (bicyclic) bond motifs is 2. The second-order valence-corrected chi connectivity index (χ2v) is 15.6. The highest BCUT2D eigenvalue weighted by Crippen LogP contribution is 2.48. The molecule has 0 bridgehead atoms. The molecule has 0 spiro atoms. The number of ether oxygens (including phenoxy) is 1. The average molecular weight is 821 g/mol. The number of rotatable bonds is 17. The van der Waals surface area contributed by atoms with Crippen molar-refractivity contribution in [3.8, 4) is 5.75 Å². The van der Waals surface area contributed by atoms with Crippen LogP contribution in [0.5, 0.6) is 5.75 Å². The van der Waals surface area contributed by atoms with Crippen LogP contribution >= 0.6 is 11.6 Å². The lowest BCUT2D eigenvalue weighted by atomic mass is 9.65. The first-order chi connectivity index (χ1) is 28.6. The minimum Gasteiger partial charge on any atom is -0.493 e. The van der Waals surface area contributed by atoms with E-state index in [2.05, 4.69) is 20.9 Å². The van der Waals surface area contributed by atoms with Gasteiger partial charge in [-0.25, -0.2) is 4.90 Å². The van der Waals surface area contributed by atoms with Gasteiger partial charge < -0.3 is 15.4 Å². The van der Waals surface area contributed by atoms with Crippen LogP contribution in [0, 0.1) is 0 Å². The van der Waals surface area contributed by atoms with Gasteiger partial charge in [0, 0.05) is 40.5 Å². The lowest BCUT2D eigenvalue weighted by Gasteiger charge is -2.47. The van der Waals surface area contributed by atoms with E-state index in [1.807, 2.05) is 24.3 Å². The number of aromatic nitrogens is 1. The van der Waals surface area contributed by atoms with Gasteiger partial charge in [-0.05, 0) is 81.0 Å². The third-order valence-electron chi connectivity index (χ3n) is 11.6. The van der Waals surface area contributed by atoms with E-state index < -0.39 is 41.1 Å². The number of amides is 7. The lowest BCUT2D eigenvalue weighted by Crippen LogP contribution is -2.63. The number of anilines is 1. The fourth-order valence-corrected chi connectivity index (χ4v) is 8.53. The van der Waals surface area contributed by atoms with Crippen LogP contribution in [0.3, 0.4) is 0 Å². The highest BCUT2D eigenvalue weighted by molar-refractivity contribution is 6.31. The number of piperidine rings is 1. The molecule has 3 heterocycles. The van der Waals surface area contributed by atoms with Gasteiger partial charge in [-0.2, -0.15) is 0 Å². The van der Waals surface area contributed by atoms with Crippen LogP contribution in [0.4, 0.5) is 5.69 Å². The third kappa shape index (κ3) is 8.32. The van der Waals surface area contributed by atoms with Crippen molar-refractivity contribution in [2.45, 2.75) is 81.7 Å².